The predicted molar refractivity (Wildman–Crippen MR) is 111 cm³/mol. The summed E-state index contributed by atoms with van der Waals surface area (Å²) in [6.45, 7) is 4.15. The monoisotopic (exact) mass is 415 g/mol. The number of nitrogens with zero attached hydrogens (tertiary/aromatic N) is 4. The van der Waals surface area contributed by atoms with Crippen molar-refractivity contribution in [1.82, 2.24) is 14.8 Å². The van der Waals surface area contributed by atoms with Crippen molar-refractivity contribution >= 4 is 35.3 Å². The summed E-state index contributed by atoms with van der Waals surface area (Å²) in [7, 11) is 0. The van der Waals surface area contributed by atoms with Crippen LogP contribution in [0.3, 0.4) is 0 Å². The number of anilines is 2. The maximum atomic E-state index is 12.4. The van der Waals surface area contributed by atoms with Gasteiger partial charge < -0.3 is 15.0 Å². The van der Waals surface area contributed by atoms with E-state index in [2.05, 4.69) is 25.0 Å². The van der Waals surface area contributed by atoms with Gasteiger partial charge in [0.25, 0.3) is 0 Å². The zero-order chi connectivity index (χ0) is 20.2. The van der Waals surface area contributed by atoms with Crippen LogP contribution in [0, 0.1) is 0 Å². The van der Waals surface area contributed by atoms with Crippen LogP contribution >= 0.6 is 11.8 Å². The molecule has 1 aliphatic heterocycles. The van der Waals surface area contributed by atoms with E-state index in [1.165, 1.54) is 24.6 Å². The van der Waals surface area contributed by atoms with E-state index in [1.54, 1.807) is 31.2 Å². The van der Waals surface area contributed by atoms with Crippen LogP contribution in [0.2, 0.25) is 0 Å². The molecule has 1 aromatic carbocycles. The lowest BCUT2D eigenvalue weighted by atomic mass is 10.2. The lowest BCUT2D eigenvalue weighted by Gasteiger charge is -2.17. The van der Waals surface area contributed by atoms with E-state index in [0.29, 0.717) is 23.9 Å². The van der Waals surface area contributed by atoms with Crippen molar-refractivity contribution in [3.05, 3.63) is 29.8 Å². The van der Waals surface area contributed by atoms with Gasteiger partial charge in [0.2, 0.25) is 11.9 Å². The Bertz CT molecular complexity index is 873. The van der Waals surface area contributed by atoms with Crippen molar-refractivity contribution in [3.63, 3.8) is 0 Å². The molecule has 0 spiro atoms. The normalized spacial score (nSPS) is 16.1. The third-order valence-corrected chi connectivity index (χ3v) is 5.90. The first-order valence-corrected chi connectivity index (χ1v) is 11.0. The molecule has 154 valence electrons. The first-order chi connectivity index (χ1) is 14.2. The Morgan fingerprint density at radius 1 is 1.17 bits per heavy atom. The second-order valence-electron chi connectivity index (χ2n) is 7.21. The zero-order valence-corrected chi connectivity index (χ0v) is 17.3. The van der Waals surface area contributed by atoms with Gasteiger partial charge in [0.05, 0.1) is 17.9 Å². The molecule has 2 heterocycles. The number of hydrogen-bond acceptors (Lipinski definition) is 7. The highest BCUT2D eigenvalue weighted by molar-refractivity contribution is 7.99. The van der Waals surface area contributed by atoms with Gasteiger partial charge in [-0.05, 0) is 56.9 Å². The van der Waals surface area contributed by atoms with Gasteiger partial charge in [-0.1, -0.05) is 11.8 Å². The van der Waals surface area contributed by atoms with Crippen LogP contribution in [0.1, 0.15) is 49.0 Å². The highest BCUT2D eigenvalue weighted by Gasteiger charge is 2.32. The first kappa shape index (κ1) is 19.8. The number of amides is 1. The molecular weight excluding hydrogens is 390 g/mol. The Kier molecular flexibility index (Phi) is 6.03. The van der Waals surface area contributed by atoms with E-state index >= 15 is 0 Å². The molecule has 0 bridgehead atoms. The van der Waals surface area contributed by atoms with Gasteiger partial charge in [0, 0.05) is 24.8 Å². The van der Waals surface area contributed by atoms with Crippen LogP contribution in [0.4, 0.5) is 11.6 Å². The molecule has 4 rings (SSSR count). The molecule has 0 atom stereocenters. The van der Waals surface area contributed by atoms with E-state index < -0.39 is 0 Å². The second-order valence-corrected chi connectivity index (χ2v) is 8.16. The molecule has 0 radical (unpaired) electrons. The van der Waals surface area contributed by atoms with Crippen molar-refractivity contribution in [1.29, 1.82) is 0 Å². The summed E-state index contributed by atoms with van der Waals surface area (Å²) in [4.78, 5) is 26.4. The third kappa shape index (κ3) is 4.72. The van der Waals surface area contributed by atoms with Gasteiger partial charge in [-0.2, -0.15) is 0 Å². The highest BCUT2D eigenvalue weighted by Crippen LogP contribution is 2.41. The number of ether oxygens (including phenoxy) is 1. The Morgan fingerprint density at radius 2 is 1.90 bits per heavy atom. The van der Waals surface area contributed by atoms with E-state index in [9.17, 15) is 9.59 Å². The molecule has 1 saturated carbocycles. The van der Waals surface area contributed by atoms with Crippen molar-refractivity contribution < 1.29 is 14.3 Å². The highest BCUT2D eigenvalue weighted by atomic mass is 32.2. The SMILES string of the molecule is CCOC(=O)c1ccc(NC(=O)CSc2nnc(N3CCCC3)n2C2CC2)cc1. The van der Waals surface area contributed by atoms with E-state index in [0.717, 1.165) is 37.0 Å². The first-order valence-electron chi connectivity index (χ1n) is 10.1. The van der Waals surface area contributed by atoms with Crippen molar-refractivity contribution in [2.24, 2.45) is 0 Å². The zero-order valence-electron chi connectivity index (χ0n) is 16.5. The van der Waals surface area contributed by atoms with Gasteiger partial charge in [-0.25, -0.2) is 4.79 Å². The average molecular weight is 416 g/mol. The van der Waals surface area contributed by atoms with Crippen LogP contribution in [0.5, 0.6) is 0 Å². The molecule has 2 aromatic rings. The Hall–Kier alpha value is -2.55. The topological polar surface area (TPSA) is 89.3 Å². The number of hydrogen-bond donors (Lipinski definition) is 1. The molecule has 1 N–H and O–H groups in total. The molecule has 29 heavy (non-hydrogen) atoms. The summed E-state index contributed by atoms with van der Waals surface area (Å²) in [5.41, 5.74) is 1.11. The summed E-state index contributed by atoms with van der Waals surface area (Å²) in [5, 5.41) is 12.4. The molecule has 1 aliphatic carbocycles. The molecule has 1 amide bonds. The molecule has 8 nitrogen and oxygen atoms in total. The largest absolute Gasteiger partial charge is 0.462 e. The fourth-order valence-electron chi connectivity index (χ4n) is 3.38. The van der Waals surface area contributed by atoms with Crippen LogP contribution in [-0.4, -0.2) is 52.1 Å². The number of benzene rings is 1. The lowest BCUT2D eigenvalue weighted by Crippen LogP contribution is -2.22. The summed E-state index contributed by atoms with van der Waals surface area (Å²) < 4.78 is 7.17. The van der Waals surface area contributed by atoms with Crippen molar-refractivity contribution in [2.75, 3.05) is 35.7 Å². The van der Waals surface area contributed by atoms with E-state index in [1.807, 2.05) is 0 Å². The number of carbonyl (C=O) groups is 2. The number of carbonyl (C=O) groups excluding carboxylic acids is 2. The number of nitrogens with one attached hydrogen (secondary N) is 1. The summed E-state index contributed by atoms with van der Waals surface area (Å²) in [6, 6.07) is 7.15. The Morgan fingerprint density at radius 3 is 2.55 bits per heavy atom. The van der Waals surface area contributed by atoms with Gasteiger partial charge in [-0.3, -0.25) is 9.36 Å². The molecular formula is C20H25N5O3S. The predicted octanol–water partition coefficient (Wildman–Crippen LogP) is 3.12. The lowest BCUT2D eigenvalue weighted by molar-refractivity contribution is -0.113. The minimum absolute atomic E-state index is 0.119. The summed E-state index contributed by atoms with van der Waals surface area (Å²) >= 11 is 1.41. The number of rotatable bonds is 8. The van der Waals surface area contributed by atoms with Crippen LogP contribution in [-0.2, 0) is 9.53 Å². The summed E-state index contributed by atoms with van der Waals surface area (Å²) in [6.07, 6.45) is 4.67. The van der Waals surface area contributed by atoms with E-state index in [4.69, 9.17) is 4.74 Å². The molecule has 2 aliphatic rings. The van der Waals surface area contributed by atoms with Gasteiger partial charge in [-0.15, -0.1) is 10.2 Å². The Balaban J connectivity index is 1.34. The maximum Gasteiger partial charge on any atom is 0.338 e. The van der Waals surface area contributed by atoms with Crippen LogP contribution in [0.15, 0.2) is 29.4 Å². The standard InChI is InChI=1S/C20H25N5O3S/c1-2-28-18(27)14-5-7-15(8-6-14)21-17(26)13-29-20-23-22-19(24-11-3-4-12-24)25(20)16-9-10-16/h5-8,16H,2-4,9-13H2,1H3,(H,21,26). The molecule has 1 saturated heterocycles. The number of esters is 1. The quantitative estimate of drug-likeness (QED) is 0.523. The van der Waals surface area contributed by atoms with Crippen molar-refractivity contribution in [3.8, 4) is 0 Å². The number of thioether (sulfide) groups is 1. The van der Waals surface area contributed by atoms with Crippen LogP contribution < -0.4 is 10.2 Å². The van der Waals surface area contributed by atoms with Gasteiger partial charge in [0.15, 0.2) is 5.16 Å². The second kappa shape index (κ2) is 8.86. The molecule has 9 heteroatoms. The minimum Gasteiger partial charge on any atom is -0.462 e. The van der Waals surface area contributed by atoms with Crippen molar-refractivity contribution in [2.45, 2.75) is 43.8 Å². The average Bonchev–Trinajstić information content (AvgIpc) is 3.24. The fourth-order valence-corrected chi connectivity index (χ4v) is 4.18. The minimum atomic E-state index is -0.367. The molecule has 0 unspecified atom stereocenters. The molecule has 1 aromatic heterocycles. The molecule has 2 fully saturated rings. The van der Waals surface area contributed by atoms with Gasteiger partial charge in [0.1, 0.15) is 0 Å². The third-order valence-electron chi connectivity index (χ3n) is 4.96. The maximum absolute atomic E-state index is 12.4. The summed E-state index contributed by atoms with van der Waals surface area (Å²) in [5.74, 6) is 0.716. The smallest absolute Gasteiger partial charge is 0.338 e. The van der Waals surface area contributed by atoms with Gasteiger partial charge >= 0.3 is 5.97 Å². The van der Waals surface area contributed by atoms with E-state index in [-0.39, 0.29) is 17.6 Å². The number of aromatic nitrogens is 3. The van der Waals surface area contributed by atoms with Crippen LogP contribution in [0.25, 0.3) is 0 Å². The fraction of sp³-hybridized carbons (Fsp3) is 0.500. The Labute approximate surface area is 174 Å².